The molecule has 306 valence electrons. The SMILES string of the molecule is CNC(=O)C(CCC=O)N(C=O)C(=O)c1cc(N2CC(N3CC(N4CCC(n5nc(-c6ccc(Oc7ccccc7)cc6)c6c(N)ncnc65)CC4)C3)C2)c(F)cc1C. The van der Waals surface area contributed by atoms with E-state index in [2.05, 4.69) is 25.1 Å². The van der Waals surface area contributed by atoms with Crippen LogP contribution in [0.3, 0.4) is 0 Å². The molecule has 3 aliphatic rings. The van der Waals surface area contributed by atoms with Crippen molar-refractivity contribution in [3.8, 4) is 22.8 Å². The van der Waals surface area contributed by atoms with Crippen LogP contribution < -0.4 is 20.7 Å². The molecule has 16 heteroatoms. The first-order chi connectivity index (χ1) is 28.7. The van der Waals surface area contributed by atoms with Gasteiger partial charge in [-0.05, 0) is 80.3 Å². The Labute approximate surface area is 340 Å². The summed E-state index contributed by atoms with van der Waals surface area (Å²) in [7, 11) is 1.39. The predicted molar refractivity (Wildman–Crippen MR) is 219 cm³/mol. The van der Waals surface area contributed by atoms with E-state index in [1.807, 2.05) is 64.2 Å². The van der Waals surface area contributed by atoms with Gasteiger partial charge in [-0.3, -0.25) is 29.1 Å². The van der Waals surface area contributed by atoms with Crippen LogP contribution in [0.5, 0.6) is 11.5 Å². The summed E-state index contributed by atoms with van der Waals surface area (Å²) in [6.45, 7) is 6.46. The number of imide groups is 1. The number of likely N-dealkylation sites (tertiary alicyclic amines) is 2. The van der Waals surface area contributed by atoms with Gasteiger partial charge in [-0.2, -0.15) is 5.10 Å². The standard InChI is InChI=1S/C43H47FN10O5/c1-27-19-35(44)37(20-34(27)43(58)53(26-56)36(9-6-18-55)42(57)46-2)52-23-31(24-52)51-21-30(22-51)50-16-14-29(15-17-50)54-41-38(40(45)47-25-48-41)39(49-54)28-10-12-33(13-11-28)59-32-7-4-3-5-8-32/h3-5,7-8,10-13,18-20,25-26,29-31,36H,6,9,14-17,21-24H2,1-2H3,(H,46,57)(H2,45,47,48). The quantitative estimate of drug-likeness (QED) is 0.154. The lowest BCUT2D eigenvalue weighted by molar-refractivity contribution is -0.131. The maximum Gasteiger partial charge on any atom is 0.261 e. The van der Waals surface area contributed by atoms with Crippen molar-refractivity contribution >= 4 is 47.0 Å². The van der Waals surface area contributed by atoms with Gasteiger partial charge in [0.25, 0.3) is 5.91 Å². The van der Waals surface area contributed by atoms with Crippen molar-refractivity contribution in [1.29, 1.82) is 0 Å². The molecule has 1 unspecified atom stereocenters. The molecule has 5 aromatic rings. The van der Waals surface area contributed by atoms with Gasteiger partial charge in [0.05, 0.1) is 17.1 Å². The van der Waals surface area contributed by atoms with E-state index in [0.717, 1.165) is 77.7 Å². The molecule has 0 aliphatic carbocycles. The van der Waals surface area contributed by atoms with Gasteiger partial charge >= 0.3 is 0 Å². The fourth-order valence-electron chi connectivity index (χ4n) is 8.48. The molecule has 5 heterocycles. The number of aryl methyl sites for hydroxylation is 1. The molecule has 2 aromatic heterocycles. The molecule has 3 N–H and O–H groups in total. The zero-order valence-electron chi connectivity index (χ0n) is 33.0. The molecule has 0 saturated carbocycles. The number of carbonyl (C=O) groups excluding carboxylic acids is 4. The van der Waals surface area contributed by atoms with E-state index in [9.17, 15) is 19.2 Å². The number of nitrogens with two attached hydrogens (primary N) is 1. The first-order valence-corrected chi connectivity index (χ1v) is 20.0. The number of nitrogens with zero attached hydrogens (tertiary/aromatic N) is 8. The van der Waals surface area contributed by atoms with Crippen molar-refractivity contribution in [3.63, 3.8) is 0 Å². The number of benzene rings is 3. The Balaban J connectivity index is 0.866. The molecule has 1 atom stereocenters. The fraction of sp³-hybridized carbons (Fsp3) is 0.372. The number of piperidine rings is 1. The second-order valence-electron chi connectivity index (χ2n) is 15.4. The lowest BCUT2D eigenvalue weighted by atomic mass is 9.95. The summed E-state index contributed by atoms with van der Waals surface area (Å²) in [4.78, 5) is 65.8. The van der Waals surface area contributed by atoms with E-state index < -0.39 is 23.7 Å². The Morgan fingerprint density at radius 2 is 1.64 bits per heavy atom. The van der Waals surface area contributed by atoms with Crippen molar-refractivity contribution in [3.05, 3.63) is 90.0 Å². The number of anilines is 2. The van der Waals surface area contributed by atoms with Crippen LogP contribution in [-0.2, 0) is 14.4 Å². The van der Waals surface area contributed by atoms with Crippen LogP contribution in [0, 0.1) is 12.7 Å². The number of rotatable bonds is 14. The van der Waals surface area contributed by atoms with Crippen molar-refractivity contribution in [1.82, 2.24) is 39.8 Å². The summed E-state index contributed by atoms with van der Waals surface area (Å²) in [5, 5.41) is 8.28. The van der Waals surface area contributed by atoms with Crippen LogP contribution in [0.25, 0.3) is 22.3 Å². The van der Waals surface area contributed by atoms with Gasteiger partial charge < -0.3 is 25.5 Å². The number of ether oxygens (including phenoxy) is 1. The average molecular weight is 803 g/mol. The Kier molecular flexibility index (Phi) is 11.3. The summed E-state index contributed by atoms with van der Waals surface area (Å²) >= 11 is 0. The van der Waals surface area contributed by atoms with Gasteiger partial charge in [0.15, 0.2) is 5.65 Å². The number of halogens is 1. The van der Waals surface area contributed by atoms with Crippen LogP contribution in [0.1, 0.15) is 47.6 Å². The highest BCUT2D eigenvalue weighted by atomic mass is 19.1. The molecule has 3 saturated heterocycles. The minimum Gasteiger partial charge on any atom is -0.457 e. The zero-order chi connectivity index (χ0) is 41.2. The Hall–Kier alpha value is -6.26. The summed E-state index contributed by atoms with van der Waals surface area (Å²) in [6.07, 6.45) is 4.22. The summed E-state index contributed by atoms with van der Waals surface area (Å²) in [5.74, 6) is 0.135. The highest BCUT2D eigenvalue weighted by Crippen LogP contribution is 2.37. The van der Waals surface area contributed by atoms with Crippen molar-refractivity contribution in [2.24, 2.45) is 0 Å². The molecule has 0 spiro atoms. The van der Waals surface area contributed by atoms with E-state index >= 15 is 4.39 Å². The Morgan fingerprint density at radius 3 is 2.32 bits per heavy atom. The number of aldehydes is 1. The maximum atomic E-state index is 15.3. The van der Waals surface area contributed by atoms with E-state index in [-0.39, 0.29) is 36.2 Å². The first kappa shape index (κ1) is 39.6. The van der Waals surface area contributed by atoms with Crippen molar-refractivity contribution in [2.45, 2.75) is 56.8 Å². The van der Waals surface area contributed by atoms with Gasteiger partial charge in [-0.15, -0.1) is 0 Å². The number of nitrogens with one attached hydrogen (secondary N) is 1. The molecule has 3 fully saturated rings. The van der Waals surface area contributed by atoms with Crippen molar-refractivity contribution < 1.29 is 28.3 Å². The minimum absolute atomic E-state index is 0.00711. The normalized spacial score (nSPS) is 17.2. The largest absolute Gasteiger partial charge is 0.457 e. The molecular formula is C43H47FN10O5. The third kappa shape index (κ3) is 7.84. The number of hydrogen-bond donors (Lipinski definition) is 2. The van der Waals surface area contributed by atoms with Crippen LogP contribution in [0.15, 0.2) is 73.1 Å². The lowest BCUT2D eigenvalue weighted by Gasteiger charge is -2.55. The van der Waals surface area contributed by atoms with E-state index in [1.165, 1.54) is 25.5 Å². The summed E-state index contributed by atoms with van der Waals surface area (Å²) < 4.78 is 23.3. The number of hydrogen-bond acceptors (Lipinski definition) is 12. The monoisotopic (exact) mass is 802 g/mol. The molecule has 59 heavy (non-hydrogen) atoms. The van der Waals surface area contributed by atoms with Crippen LogP contribution >= 0.6 is 0 Å². The van der Waals surface area contributed by atoms with Crippen LogP contribution in [0.4, 0.5) is 15.9 Å². The Bertz CT molecular complexity index is 2340. The first-order valence-electron chi connectivity index (χ1n) is 20.0. The predicted octanol–water partition coefficient (Wildman–Crippen LogP) is 4.22. The smallest absolute Gasteiger partial charge is 0.261 e. The number of nitrogen functional groups attached to an aromatic ring is 1. The zero-order valence-corrected chi connectivity index (χ0v) is 33.0. The van der Waals surface area contributed by atoms with E-state index in [4.69, 9.17) is 15.6 Å². The summed E-state index contributed by atoms with van der Waals surface area (Å²) in [5.41, 5.74) is 9.55. The van der Waals surface area contributed by atoms with Gasteiger partial charge in [-0.25, -0.2) is 19.0 Å². The molecule has 0 bridgehead atoms. The van der Waals surface area contributed by atoms with Gasteiger partial charge in [0.2, 0.25) is 12.3 Å². The number of amides is 3. The number of aromatic nitrogens is 4. The highest BCUT2D eigenvalue weighted by Gasteiger charge is 2.43. The highest BCUT2D eigenvalue weighted by molar-refractivity contribution is 6.05. The molecular weight excluding hydrogens is 756 g/mol. The second-order valence-corrected chi connectivity index (χ2v) is 15.4. The number of carbonyl (C=O) groups is 4. The molecule has 3 amide bonds. The van der Waals surface area contributed by atoms with Crippen LogP contribution in [0.2, 0.25) is 0 Å². The molecule has 8 rings (SSSR count). The number of likely N-dealkylation sites (N-methyl/N-ethyl adjacent to an activating group) is 1. The van der Waals surface area contributed by atoms with E-state index in [1.54, 1.807) is 6.92 Å². The van der Waals surface area contributed by atoms with Crippen LogP contribution in [-0.4, -0.2) is 123 Å². The fourth-order valence-corrected chi connectivity index (χ4v) is 8.48. The van der Waals surface area contributed by atoms with Gasteiger partial charge in [0, 0.05) is 75.9 Å². The Morgan fingerprint density at radius 1 is 0.949 bits per heavy atom. The van der Waals surface area contributed by atoms with Gasteiger partial charge in [-0.1, -0.05) is 18.2 Å². The lowest BCUT2D eigenvalue weighted by Crippen LogP contribution is -2.70. The maximum absolute atomic E-state index is 15.3. The van der Waals surface area contributed by atoms with E-state index in [0.29, 0.717) is 43.2 Å². The molecule has 0 radical (unpaired) electrons. The molecule has 3 aliphatic heterocycles. The number of fused-ring (bicyclic) bond motifs is 1. The molecule has 15 nitrogen and oxygen atoms in total. The molecule has 3 aromatic carbocycles. The van der Waals surface area contributed by atoms with Gasteiger partial charge in [0.1, 0.15) is 47.5 Å². The third-order valence-electron chi connectivity index (χ3n) is 11.9. The average Bonchev–Trinajstić information content (AvgIpc) is 3.61. The topological polar surface area (TPSA) is 172 Å². The van der Waals surface area contributed by atoms with Crippen molar-refractivity contribution in [2.75, 3.05) is 56.9 Å². The second kappa shape index (κ2) is 16.9. The summed E-state index contributed by atoms with van der Waals surface area (Å²) in [6, 6.07) is 19.9. The number of para-hydroxylation sites is 1. The minimum atomic E-state index is -1.16. The third-order valence-corrected chi connectivity index (χ3v) is 11.9.